The minimum atomic E-state index is -3.81. The summed E-state index contributed by atoms with van der Waals surface area (Å²) in [4.78, 5) is 21.7. The molecular formula is C26H28ClFN4O3S2. The van der Waals surface area contributed by atoms with E-state index in [0.717, 1.165) is 0 Å². The Morgan fingerprint density at radius 2 is 1.65 bits per heavy atom. The zero-order valence-electron chi connectivity index (χ0n) is 20.7. The molecule has 0 saturated heterocycles. The van der Waals surface area contributed by atoms with Gasteiger partial charge in [-0.1, -0.05) is 29.5 Å². The van der Waals surface area contributed by atoms with Gasteiger partial charge in [-0.2, -0.15) is 0 Å². The Kier molecular flexibility index (Phi) is 9.25. The van der Waals surface area contributed by atoms with Crippen molar-refractivity contribution < 1.29 is 17.6 Å². The monoisotopic (exact) mass is 562 g/mol. The van der Waals surface area contributed by atoms with Crippen molar-refractivity contribution in [3.63, 3.8) is 0 Å². The van der Waals surface area contributed by atoms with Crippen LogP contribution in [-0.4, -0.2) is 57.9 Å². The third-order valence-electron chi connectivity index (χ3n) is 5.61. The summed E-state index contributed by atoms with van der Waals surface area (Å²) in [5.41, 5.74) is 1.52. The van der Waals surface area contributed by atoms with E-state index >= 15 is 0 Å². The van der Waals surface area contributed by atoms with Crippen LogP contribution in [0.2, 0.25) is 0 Å². The van der Waals surface area contributed by atoms with Gasteiger partial charge in [-0.25, -0.2) is 17.8 Å². The number of para-hydroxylation sites is 1. The molecule has 0 unspecified atom stereocenters. The number of carbonyl (C=O) groups is 1. The molecule has 0 aliphatic rings. The summed E-state index contributed by atoms with van der Waals surface area (Å²) in [5, 5.41) is 0.459. The van der Waals surface area contributed by atoms with Gasteiger partial charge in [0.2, 0.25) is 0 Å². The molecule has 0 N–H and O–H groups in total. The highest BCUT2D eigenvalue weighted by molar-refractivity contribution is 7.92. The average Bonchev–Trinajstić information content (AvgIpc) is 3.27. The van der Waals surface area contributed by atoms with Crippen molar-refractivity contribution in [3.8, 4) is 0 Å². The van der Waals surface area contributed by atoms with Crippen LogP contribution in [0.5, 0.6) is 0 Å². The normalized spacial score (nSPS) is 11.4. The Balaban J connectivity index is 0.00000380. The van der Waals surface area contributed by atoms with Crippen LogP contribution in [0.15, 0.2) is 77.7 Å². The fourth-order valence-corrected chi connectivity index (χ4v) is 6.21. The lowest BCUT2D eigenvalue weighted by molar-refractivity contribution is 0.0985. The molecule has 196 valence electrons. The van der Waals surface area contributed by atoms with Gasteiger partial charge in [0.1, 0.15) is 5.82 Å². The SMILES string of the molecule is CCN(c1ccccc1)S(=O)(=O)c1ccc(C(=O)N(CCN(C)C)c2nc3ccc(F)cc3s2)cc1.Cl. The summed E-state index contributed by atoms with van der Waals surface area (Å²) in [6, 6.07) is 19.1. The van der Waals surface area contributed by atoms with Crippen molar-refractivity contribution in [1.29, 1.82) is 0 Å². The number of thiazole rings is 1. The lowest BCUT2D eigenvalue weighted by Gasteiger charge is -2.24. The molecule has 1 amide bonds. The van der Waals surface area contributed by atoms with Crippen molar-refractivity contribution in [2.45, 2.75) is 11.8 Å². The molecule has 0 aliphatic heterocycles. The summed E-state index contributed by atoms with van der Waals surface area (Å²) in [6.07, 6.45) is 0. The maximum absolute atomic E-state index is 13.7. The maximum atomic E-state index is 13.7. The third kappa shape index (κ3) is 6.27. The van der Waals surface area contributed by atoms with E-state index in [0.29, 0.717) is 39.7 Å². The van der Waals surface area contributed by atoms with Crippen LogP contribution in [0.25, 0.3) is 10.2 Å². The van der Waals surface area contributed by atoms with Crippen LogP contribution in [0, 0.1) is 5.82 Å². The standard InChI is InChI=1S/C26H27FN4O3S2.ClH/c1-4-31(21-8-6-5-7-9-21)36(33,34)22-13-10-19(11-14-22)25(32)30(17-16-29(2)3)26-28-23-15-12-20(27)18-24(23)35-26;/h5-15,18H,4,16-17H2,1-3H3;1H. The second-order valence-corrected chi connectivity index (χ2v) is 11.3. The highest BCUT2D eigenvalue weighted by atomic mass is 35.5. The summed E-state index contributed by atoms with van der Waals surface area (Å²) < 4.78 is 42.2. The Hall–Kier alpha value is -3.05. The van der Waals surface area contributed by atoms with Crippen LogP contribution in [-0.2, 0) is 10.0 Å². The zero-order chi connectivity index (χ0) is 25.9. The molecule has 1 aromatic heterocycles. The summed E-state index contributed by atoms with van der Waals surface area (Å²) in [7, 11) is 0.00405. The van der Waals surface area contributed by atoms with Crippen LogP contribution in [0.1, 0.15) is 17.3 Å². The number of hydrogen-bond acceptors (Lipinski definition) is 6. The van der Waals surface area contributed by atoms with Gasteiger partial charge in [-0.3, -0.25) is 14.0 Å². The Morgan fingerprint density at radius 3 is 2.27 bits per heavy atom. The number of aromatic nitrogens is 1. The first-order chi connectivity index (χ1) is 17.2. The predicted molar refractivity (Wildman–Crippen MR) is 150 cm³/mol. The fraction of sp³-hybridized carbons (Fsp3) is 0.231. The van der Waals surface area contributed by atoms with Gasteiger partial charge in [0.25, 0.3) is 15.9 Å². The summed E-state index contributed by atoms with van der Waals surface area (Å²) in [6.45, 7) is 3.00. The molecule has 1 heterocycles. The van der Waals surface area contributed by atoms with Gasteiger partial charge in [0.05, 0.1) is 20.8 Å². The molecule has 0 saturated carbocycles. The first kappa shape index (κ1) is 28.5. The van der Waals surface area contributed by atoms with Crippen molar-refractivity contribution in [3.05, 3.63) is 84.2 Å². The summed E-state index contributed by atoms with van der Waals surface area (Å²) >= 11 is 1.24. The van der Waals surface area contributed by atoms with E-state index in [1.165, 1.54) is 52.0 Å². The maximum Gasteiger partial charge on any atom is 0.264 e. The number of sulfonamides is 1. The highest BCUT2D eigenvalue weighted by Crippen LogP contribution is 2.31. The van der Waals surface area contributed by atoms with Gasteiger partial charge in [-0.05, 0) is 75.6 Å². The number of carbonyl (C=O) groups excluding carboxylic acids is 1. The van der Waals surface area contributed by atoms with Gasteiger partial charge in [-0.15, -0.1) is 12.4 Å². The Labute approximate surface area is 226 Å². The number of likely N-dealkylation sites (N-methyl/N-ethyl adjacent to an activating group) is 1. The van der Waals surface area contributed by atoms with Crippen molar-refractivity contribution in [1.82, 2.24) is 9.88 Å². The van der Waals surface area contributed by atoms with Gasteiger partial charge >= 0.3 is 0 Å². The van der Waals surface area contributed by atoms with Crippen LogP contribution in [0.4, 0.5) is 15.2 Å². The lowest BCUT2D eigenvalue weighted by Crippen LogP contribution is -2.36. The first-order valence-corrected chi connectivity index (χ1v) is 13.7. The number of anilines is 2. The van der Waals surface area contributed by atoms with Crippen LogP contribution >= 0.6 is 23.7 Å². The quantitative estimate of drug-likeness (QED) is 0.277. The molecule has 37 heavy (non-hydrogen) atoms. The van der Waals surface area contributed by atoms with Crippen LogP contribution < -0.4 is 9.21 Å². The van der Waals surface area contributed by atoms with E-state index in [1.54, 1.807) is 42.2 Å². The number of amides is 1. The van der Waals surface area contributed by atoms with E-state index < -0.39 is 10.0 Å². The summed E-state index contributed by atoms with van der Waals surface area (Å²) in [5.74, 6) is -0.673. The molecule has 0 spiro atoms. The lowest BCUT2D eigenvalue weighted by atomic mass is 10.2. The molecular weight excluding hydrogens is 535 g/mol. The van der Waals surface area contributed by atoms with E-state index in [1.807, 2.05) is 25.1 Å². The molecule has 0 aliphatic carbocycles. The molecule has 11 heteroatoms. The van der Waals surface area contributed by atoms with Gasteiger partial charge in [0, 0.05) is 25.2 Å². The molecule has 0 radical (unpaired) electrons. The molecule has 4 aromatic rings. The fourth-order valence-electron chi connectivity index (χ4n) is 3.72. The third-order valence-corrected chi connectivity index (χ3v) is 8.57. The Morgan fingerprint density at radius 1 is 0.973 bits per heavy atom. The van der Waals surface area contributed by atoms with E-state index in [9.17, 15) is 17.6 Å². The minimum Gasteiger partial charge on any atom is -0.308 e. The van der Waals surface area contributed by atoms with Gasteiger partial charge in [0.15, 0.2) is 5.13 Å². The molecule has 4 rings (SSSR count). The second kappa shape index (κ2) is 12.0. The number of hydrogen-bond donors (Lipinski definition) is 0. The smallest absolute Gasteiger partial charge is 0.264 e. The number of nitrogens with zero attached hydrogens (tertiary/aromatic N) is 4. The van der Waals surface area contributed by atoms with E-state index in [-0.39, 0.29) is 35.6 Å². The topological polar surface area (TPSA) is 73.8 Å². The highest BCUT2D eigenvalue weighted by Gasteiger charge is 2.25. The molecule has 0 fully saturated rings. The number of halogens is 2. The molecule has 0 atom stereocenters. The van der Waals surface area contributed by atoms with Crippen molar-refractivity contribution >= 4 is 60.7 Å². The average molecular weight is 563 g/mol. The molecule has 0 bridgehead atoms. The van der Waals surface area contributed by atoms with E-state index in [4.69, 9.17) is 0 Å². The first-order valence-electron chi connectivity index (χ1n) is 11.4. The Bertz CT molecular complexity index is 1460. The molecule has 3 aromatic carbocycles. The van der Waals surface area contributed by atoms with Gasteiger partial charge < -0.3 is 4.90 Å². The number of benzene rings is 3. The second-order valence-electron chi connectivity index (χ2n) is 8.40. The molecule has 7 nitrogen and oxygen atoms in total. The van der Waals surface area contributed by atoms with Crippen molar-refractivity contribution in [2.24, 2.45) is 0 Å². The van der Waals surface area contributed by atoms with Crippen LogP contribution in [0.3, 0.4) is 0 Å². The predicted octanol–water partition coefficient (Wildman–Crippen LogP) is 5.28. The number of fused-ring (bicyclic) bond motifs is 1. The minimum absolute atomic E-state index is 0. The van der Waals surface area contributed by atoms with Crippen molar-refractivity contribution in [2.75, 3.05) is 42.9 Å². The number of rotatable bonds is 9. The zero-order valence-corrected chi connectivity index (χ0v) is 23.1. The van der Waals surface area contributed by atoms with E-state index in [2.05, 4.69) is 4.98 Å². The largest absolute Gasteiger partial charge is 0.308 e.